The van der Waals surface area contributed by atoms with Crippen LogP contribution in [0.25, 0.3) is 0 Å². The summed E-state index contributed by atoms with van der Waals surface area (Å²) in [5, 5.41) is 30.9. The molecule has 0 saturated heterocycles. The zero-order valence-electron chi connectivity index (χ0n) is 11.6. The number of benzene rings is 1. The van der Waals surface area contributed by atoms with Gasteiger partial charge in [-0.25, -0.2) is 9.59 Å². The highest BCUT2D eigenvalue weighted by atomic mass is 16.4. The van der Waals surface area contributed by atoms with E-state index in [1.54, 1.807) is 18.2 Å². The predicted molar refractivity (Wildman–Crippen MR) is 80.4 cm³/mol. The van der Waals surface area contributed by atoms with Crippen molar-refractivity contribution in [3.05, 3.63) is 59.4 Å². The quantitative estimate of drug-likeness (QED) is 0.566. The molecule has 0 aliphatic rings. The van der Waals surface area contributed by atoms with Gasteiger partial charge in [-0.1, -0.05) is 6.07 Å². The van der Waals surface area contributed by atoms with Crippen LogP contribution in [0.1, 0.15) is 26.4 Å². The largest absolute Gasteiger partial charge is 0.478 e. The van der Waals surface area contributed by atoms with Gasteiger partial charge in [0.25, 0.3) is 0 Å². The van der Waals surface area contributed by atoms with Crippen molar-refractivity contribution >= 4 is 23.3 Å². The lowest BCUT2D eigenvalue weighted by molar-refractivity contribution is 0.0696. The first-order chi connectivity index (χ1) is 11.0. The van der Waals surface area contributed by atoms with Gasteiger partial charge in [0.05, 0.1) is 16.8 Å². The van der Waals surface area contributed by atoms with Crippen LogP contribution in [0.15, 0.2) is 47.7 Å². The van der Waals surface area contributed by atoms with E-state index in [0.29, 0.717) is 5.69 Å². The highest BCUT2D eigenvalue weighted by Crippen LogP contribution is 2.16. The fourth-order valence-electron chi connectivity index (χ4n) is 1.70. The van der Waals surface area contributed by atoms with Gasteiger partial charge in [0.2, 0.25) is 0 Å². The average molecular weight is 310 g/mol. The van der Waals surface area contributed by atoms with E-state index in [2.05, 4.69) is 15.5 Å². The van der Waals surface area contributed by atoms with Gasteiger partial charge in [-0.15, -0.1) is 0 Å². The second kappa shape index (κ2) is 6.82. The molecule has 0 radical (unpaired) electrons. The molecule has 0 aliphatic heterocycles. The Bertz CT molecular complexity index is 793. The summed E-state index contributed by atoms with van der Waals surface area (Å²) >= 11 is 0. The third kappa shape index (κ3) is 3.89. The van der Waals surface area contributed by atoms with Crippen molar-refractivity contribution < 1.29 is 19.8 Å². The van der Waals surface area contributed by atoms with Gasteiger partial charge < -0.3 is 10.2 Å². The number of hydrogen-bond donors (Lipinski definition) is 3. The molecule has 114 valence electrons. The molecule has 0 bridgehead atoms. The van der Waals surface area contributed by atoms with Crippen LogP contribution in [0.4, 0.5) is 5.69 Å². The fourth-order valence-corrected chi connectivity index (χ4v) is 1.70. The summed E-state index contributed by atoms with van der Waals surface area (Å²) < 4.78 is 0. The van der Waals surface area contributed by atoms with Crippen LogP contribution >= 0.6 is 0 Å². The highest BCUT2D eigenvalue weighted by molar-refractivity contribution is 6.10. The molecule has 1 heterocycles. The lowest BCUT2D eigenvalue weighted by Gasteiger charge is -2.05. The van der Waals surface area contributed by atoms with E-state index in [1.165, 1.54) is 18.3 Å². The van der Waals surface area contributed by atoms with Gasteiger partial charge in [-0.3, -0.25) is 10.4 Å². The number of aromatic nitrogens is 1. The second-order valence-corrected chi connectivity index (χ2v) is 4.31. The Labute approximate surface area is 130 Å². The van der Waals surface area contributed by atoms with Gasteiger partial charge in [0.15, 0.2) is 5.71 Å². The average Bonchev–Trinajstić information content (AvgIpc) is 2.56. The Hall–Kier alpha value is -3.73. The molecular weight excluding hydrogens is 300 g/mol. The molecule has 2 aromatic rings. The maximum absolute atomic E-state index is 11.0. The van der Waals surface area contributed by atoms with Crippen LogP contribution in [-0.2, 0) is 0 Å². The first kappa shape index (κ1) is 15.7. The maximum Gasteiger partial charge on any atom is 0.335 e. The van der Waals surface area contributed by atoms with Gasteiger partial charge in [-0.2, -0.15) is 10.4 Å². The van der Waals surface area contributed by atoms with E-state index in [4.69, 9.17) is 15.5 Å². The number of pyridine rings is 1. The number of anilines is 1. The summed E-state index contributed by atoms with van der Waals surface area (Å²) in [7, 11) is 0. The molecule has 2 rings (SSSR count). The molecule has 23 heavy (non-hydrogen) atoms. The number of aromatic carboxylic acids is 2. The number of carboxylic acids is 2. The molecule has 3 N–H and O–H groups in total. The molecule has 1 aromatic carbocycles. The van der Waals surface area contributed by atoms with Crippen LogP contribution < -0.4 is 5.43 Å². The SMILES string of the molecule is N#CC(=NNc1cc(C(=O)O)cc(C(=O)O)c1)c1ccccn1. The number of nitrogens with one attached hydrogen (secondary N) is 1. The van der Waals surface area contributed by atoms with Gasteiger partial charge in [0, 0.05) is 6.20 Å². The Morgan fingerprint density at radius 2 is 1.78 bits per heavy atom. The molecule has 0 atom stereocenters. The number of carbonyl (C=O) groups is 2. The number of rotatable bonds is 5. The van der Waals surface area contributed by atoms with E-state index in [0.717, 1.165) is 6.07 Å². The lowest BCUT2D eigenvalue weighted by Crippen LogP contribution is -2.06. The zero-order chi connectivity index (χ0) is 16.8. The van der Waals surface area contributed by atoms with Crippen LogP contribution in [0, 0.1) is 11.3 Å². The summed E-state index contributed by atoms with van der Waals surface area (Å²) in [6.07, 6.45) is 1.50. The molecular formula is C15H10N4O4. The summed E-state index contributed by atoms with van der Waals surface area (Å²) in [5.41, 5.74) is 2.50. The van der Waals surface area contributed by atoms with Crippen molar-refractivity contribution in [2.24, 2.45) is 5.10 Å². The minimum atomic E-state index is -1.27. The third-order valence-electron chi connectivity index (χ3n) is 2.74. The standard InChI is InChI=1S/C15H10N4O4/c16-8-13(12-3-1-2-4-17-12)19-18-11-6-9(14(20)21)5-10(7-11)15(22)23/h1-7,18H,(H,20,21)(H,22,23). The Morgan fingerprint density at radius 1 is 1.13 bits per heavy atom. The van der Waals surface area contributed by atoms with E-state index in [1.807, 2.05) is 6.07 Å². The zero-order valence-corrected chi connectivity index (χ0v) is 11.6. The molecule has 8 heteroatoms. The molecule has 0 unspecified atom stereocenters. The number of hydrazone groups is 1. The maximum atomic E-state index is 11.0. The topological polar surface area (TPSA) is 136 Å². The van der Waals surface area contributed by atoms with Crippen molar-refractivity contribution in [1.29, 1.82) is 5.26 Å². The molecule has 0 amide bonds. The first-order valence-electron chi connectivity index (χ1n) is 6.28. The molecule has 0 spiro atoms. The summed E-state index contributed by atoms with van der Waals surface area (Å²) in [4.78, 5) is 26.0. The van der Waals surface area contributed by atoms with E-state index in [9.17, 15) is 9.59 Å². The molecule has 8 nitrogen and oxygen atoms in total. The molecule has 0 fully saturated rings. The lowest BCUT2D eigenvalue weighted by atomic mass is 10.1. The van der Waals surface area contributed by atoms with E-state index < -0.39 is 11.9 Å². The van der Waals surface area contributed by atoms with Crippen molar-refractivity contribution in [2.75, 3.05) is 5.43 Å². The van der Waals surface area contributed by atoms with Crippen molar-refractivity contribution in [3.8, 4) is 6.07 Å². The highest BCUT2D eigenvalue weighted by Gasteiger charge is 2.11. The Balaban J connectivity index is 2.36. The normalized spacial score (nSPS) is 10.7. The Morgan fingerprint density at radius 3 is 2.26 bits per heavy atom. The molecule has 0 saturated carbocycles. The summed E-state index contributed by atoms with van der Waals surface area (Å²) in [6.45, 7) is 0. The summed E-state index contributed by atoms with van der Waals surface area (Å²) in [5.74, 6) is -2.55. The smallest absolute Gasteiger partial charge is 0.335 e. The monoisotopic (exact) mass is 310 g/mol. The van der Waals surface area contributed by atoms with Crippen LogP contribution in [-0.4, -0.2) is 32.8 Å². The number of carboxylic acid groups (broad SMARTS) is 2. The van der Waals surface area contributed by atoms with Crippen LogP contribution in [0.2, 0.25) is 0 Å². The van der Waals surface area contributed by atoms with Crippen molar-refractivity contribution in [3.63, 3.8) is 0 Å². The van der Waals surface area contributed by atoms with Crippen molar-refractivity contribution in [1.82, 2.24) is 4.98 Å². The van der Waals surface area contributed by atoms with E-state index in [-0.39, 0.29) is 22.5 Å². The molecule has 1 aromatic heterocycles. The minimum absolute atomic E-state index is 0.0248. The third-order valence-corrected chi connectivity index (χ3v) is 2.74. The minimum Gasteiger partial charge on any atom is -0.478 e. The van der Waals surface area contributed by atoms with Gasteiger partial charge in [0.1, 0.15) is 11.8 Å². The van der Waals surface area contributed by atoms with Gasteiger partial charge in [-0.05, 0) is 30.3 Å². The fraction of sp³-hybridized carbons (Fsp3) is 0. The van der Waals surface area contributed by atoms with Crippen molar-refractivity contribution in [2.45, 2.75) is 0 Å². The first-order valence-corrected chi connectivity index (χ1v) is 6.28. The van der Waals surface area contributed by atoms with Crippen LogP contribution in [0.3, 0.4) is 0 Å². The van der Waals surface area contributed by atoms with E-state index >= 15 is 0 Å². The Kier molecular flexibility index (Phi) is 4.64. The summed E-state index contributed by atoms with van der Waals surface area (Å²) in [6, 6.07) is 10.3. The number of nitriles is 1. The molecule has 0 aliphatic carbocycles. The second-order valence-electron chi connectivity index (χ2n) is 4.31. The number of hydrogen-bond acceptors (Lipinski definition) is 6. The number of nitrogens with zero attached hydrogens (tertiary/aromatic N) is 3. The van der Waals surface area contributed by atoms with Crippen LogP contribution in [0.5, 0.6) is 0 Å². The predicted octanol–water partition coefficient (Wildman–Crippen LogP) is 1.82. The van der Waals surface area contributed by atoms with Gasteiger partial charge >= 0.3 is 11.9 Å².